The average molecular weight is 464 g/mol. The maximum atomic E-state index is 14.4. The van der Waals surface area contributed by atoms with Crippen LogP contribution in [0, 0.1) is 18.2 Å². The summed E-state index contributed by atoms with van der Waals surface area (Å²) in [5, 5.41) is 3.79. The largest absolute Gasteiger partial charge is 0.494 e. The molecule has 0 aromatic heterocycles. The van der Waals surface area contributed by atoms with E-state index in [1.54, 1.807) is 12.1 Å². The van der Waals surface area contributed by atoms with Gasteiger partial charge in [0.2, 0.25) is 0 Å². The number of rotatable bonds is 11. The highest BCUT2D eigenvalue weighted by molar-refractivity contribution is 6.30. The molecule has 3 aromatic carbocycles. The SMILES string of the molecule is C#CC(CCC)(CCCc1ccc(F)c(Nc2ccc(Cl)cc2)c1)c1ccc(OCC)cc1. The van der Waals surface area contributed by atoms with Gasteiger partial charge < -0.3 is 10.1 Å². The molecule has 0 saturated carbocycles. The molecule has 2 nitrogen and oxygen atoms in total. The lowest BCUT2D eigenvalue weighted by atomic mass is 9.73. The van der Waals surface area contributed by atoms with E-state index in [0.29, 0.717) is 17.3 Å². The van der Waals surface area contributed by atoms with E-state index in [1.807, 2.05) is 43.3 Å². The van der Waals surface area contributed by atoms with E-state index in [-0.39, 0.29) is 11.2 Å². The molecule has 1 atom stereocenters. The van der Waals surface area contributed by atoms with Gasteiger partial charge in [0.15, 0.2) is 0 Å². The highest BCUT2D eigenvalue weighted by atomic mass is 35.5. The molecule has 0 fully saturated rings. The molecular formula is C29H31ClFNO. The Labute approximate surface area is 202 Å². The second-order valence-corrected chi connectivity index (χ2v) is 8.67. The number of ether oxygens (including phenoxy) is 1. The van der Waals surface area contributed by atoms with Crippen LogP contribution in [0.4, 0.5) is 15.8 Å². The van der Waals surface area contributed by atoms with Crippen LogP contribution in [0.25, 0.3) is 0 Å². The van der Waals surface area contributed by atoms with Crippen molar-refractivity contribution >= 4 is 23.0 Å². The summed E-state index contributed by atoms with van der Waals surface area (Å²) in [5.74, 6) is 3.68. The van der Waals surface area contributed by atoms with Crippen molar-refractivity contribution in [1.29, 1.82) is 0 Å². The summed E-state index contributed by atoms with van der Waals surface area (Å²) >= 11 is 5.94. The van der Waals surface area contributed by atoms with Crippen LogP contribution in [0.1, 0.15) is 50.7 Å². The van der Waals surface area contributed by atoms with Crippen LogP contribution in [-0.4, -0.2) is 6.61 Å². The minimum atomic E-state index is -0.316. The monoisotopic (exact) mass is 463 g/mol. The molecule has 0 aliphatic heterocycles. The van der Waals surface area contributed by atoms with E-state index in [2.05, 4.69) is 30.3 Å². The molecule has 0 bridgehead atoms. The zero-order valence-electron chi connectivity index (χ0n) is 19.3. The number of terminal acetylenes is 1. The number of benzene rings is 3. The summed E-state index contributed by atoms with van der Waals surface area (Å²) < 4.78 is 20.0. The lowest BCUT2D eigenvalue weighted by Gasteiger charge is -2.29. The molecular weight excluding hydrogens is 433 g/mol. The fraction of sp³-hybridized carbons (Fsp3) is 0.310. The van der Waals surface area contributed by atoms with Gasteiger partial charge in [-0.15, -0.1) is 6.42 Å². The molecule has 0 saturated heterocycles. The molecule has 0 spiro atoms. The van der Waals surface area contributed by atoms with Crippen LogP contribution in [0.3, 0.4) is 0 Å². The van der Waals surface area contributed by atoms with E-state index in [0.717, 1.165) is 54.7 Å². The van der Waals surface area contributed by atoms with Gasteiger partial charge >= 0.3 is 0 Å². The van der Waals surface area contributed by atoms with E-state index in [9.17, 15) is 4.39 Å². The van der Waals surface area contributed by atoms with E-state index >= 15 is 0 Å². The van der Waals surface area contributed by atoms with Gasteiger partial charge in [0.05, 0.1) is 17.7 Å². The van der Waals surface area contributed by atoms with Gasteiger partial charge in [-0.05, 0) is 92.3 Å². The van der Waals surface area contributed by atoms with Crippen molar-refractivity contribution in [1.82, 2.24) is 0 Å². The van der Waals surface area contributed by atoms with Crippen LogP contribution >= 0.6 is 11.6 Å². The smallest absolute Gasteiger partial charge is 0.146 e. The number of halogens is 2. The molecule has 0 radical (unpaired) electrons. The molecule has 0 heterocycles. The quantitative estimate of drug-likeness (QED) is 0.288. The summed E-state index contributed by atoms with van der Waals surface area (Å²) in [5.41, 5.74) is 3.16. The van der Waals surface area contributed by atoms with Crippen LogP contribution in [0.5, 0.6) is 5.75 Å². The third-order valence-electron chi connectivity index (χ3n) is 5.89. The fourth-order valence-corrected chi connectivity index (χ4v) is 4.34. The van der Waals surface area contributed by atoms with Gasteiger partial charge in [-0.2, -0.15) is 0 Å². The number of hydrogen-bond acceptors (Lipinski definition) is 2. The van der Waals surface area contributed by atoms with E-state index in [4.69, 9.17) is 22.8 Å². The second-order valence-electron chi connectivity index (χ2n) is 8.23. The number of hydrogen-bond donors (Lipinski definition) is 1. The first-order chi connectivity index (χ1) is 16.0. The Morgan fingerprint density at radius 3 is 2.36 bits per heavy atom. The average Bonchev–Trinajstić information content (AvgIpc) is 2.82. The number of aryl methyl sites for hydroxylation is 1. The third kappa shape index (κ3) is 6.53. The molecule has 1 N–H and O–H groups in total. The van der Waals surface area contributed by atoms with Crippen molar-refractivity contribution in [2.75, 3.05) is 11.9 Å². The predicted octanol–water partition coefficient (Wildman–Crippen LogP) is 8.32. The predicted molar refractivity (Wildman–Crippen MR) is 137 cm³/mol. The zero-order chi connectivity index (χ0) is 23.7. The fourth-order valence-electron chi connectivity index (χ4n) is 4.21. The third-order valence-corrected chi connectivity index (χ3v) is 6.15. The first-order valence-corrected chi connectivity index (χ1v) is 11.9. The first kappa shape index (κ1) is 24.7. The summed E-state index contributed by atoms with van der Waals surface area (Å²) in [6, 6.07) is 20.6. The van der Waals surface area contributed by atoms with Gasteiger partial charge in [0, 0.05) is 10.7 Å². The van der Waals surface area contributed by atoms with Gasteiger partial charge in [-0.3, -0.25) is 0 Å². The summed E-state index contributed by atoms with van der Waals surface area (Å²) in [4.78, 5) is 0. The maximum Gasteiger partial charge on any atom is 0.146 e. The maximum absolute atomic E-state index is 14.4. The van der Waals surface area contributed by atoms with Crippen LogP contribution in [-0.2, 0) is 11.8 Å². The Balaban J connectivity index is 1.70. The van der Waals surface area contributed by atoms with Crippen molar-refractivity contribution in [3.63, 3.8) is 0 Å². The van der Waals surface area contributed by atoms with Gasteiger partial charge in [-0.25, -0.2) is 4.39 Å². The molecule has 4 heteroatoms. The topological polar surface area (TPSA) is 21.3 Å². The van der Waals surface area contributed by atoms with Crippen molar-refractivity contribution in [2.45, 2.75) is 51.4 Å². The molecule has 0 aliphatic carbocycles. The van der Waals surface area contributed by atoms with Crippen LogP contribution < -0.4 is 10.1 Å². The minimum absolute atomic E-state index is 0.285. The van der Waals surface area contributed by atoms with E-state index in [1.165, 1.54) is 6.07 Å². The standard InChI is InChI=1S/C29H31ClFNO/c1-4-19-29(5-2,23-10-16-26(17-11-23)33-6-3)20-7-8-22-9-18-27(31)28(21-22)32-25-14-12-24(30)13-15-25/h2,9-18,21,32H,4,6-8,19-20H2,1,3H3. The zero-order valence-corrected chi connectivity index (χ0v) is 20.1. The van der Waals surface area contributed by atoms with E-state index < -0.39 is 0 Å². The molecule has 0 amide bonds. The summed E-state index contributed by atoms with van der Waals surface area (Å²) in [6.45, 7) is 4.78. The van der Waals surface area contributed by atoms with Gasteiger partial charge in [0.1, 0.15) is 11.6 Å². The molecule has 172 valence electrons. The summed E-state index contributed by atoms with van der Waals surface area (Å²) in [6.07, 6.45) is 10.6. The van der Waals surface area contributed by atoms with Gasteiger partial charge in [0.25, 0.3) is 0 Å². The van der Waals surface area contributed by atoms with Gasteiger partial charge in [-0.1, -0.05) is 49.1 Å². The van der Waals surface area contributed by atoms with Crippen molar-refractivity contribution in [3.05, 3.63) is 88.7 Å². The summed E-state index contributed by atoms with van der Waals surface area (Å²) in [7, 11) is 0. The number of anilines is 2. The Morgan fingerprint density at radius 2 is 1.73 bits per heavy atom. The van der Waals surface area contributed by atoms with Crippen LogP contribution in [0.2, 0.25) is 5.02 Å². The van der Waals surface area contributed by atoms with Crippen molar-refractivity contribution in [3.8, 4) is 18.1 Å². The lowest BCUT2D eigenvalue weighted by Crippen LogP contribution is -2.24. The van der Waals surface area contributed by atoms with Crippen molar-refractivity contribution < 1.29 is 9.13 Å². The molecule has 0 aliphatic rings. The molecule has 1 unspecified atom stereocenters. The highest BCUT2D eigenvalue weighted by Crippen LogP contribution is 2.35. The van der Waals surface area contributed by atoms with Crippen LogP contribution in [0.15, 0.2) is 66.7 Å². The Hall–Kier alpha value is -2.96. The normalized spacial score (nSPS) is 12.6. The Morgan fingerprint density at radius 1 is 1.00 bits per heavy atom. The molecule has 3 aromatic rings. The highest BCUT2D eigenvalue weighted by Gasteiger charge is 2.28. The number of nitrogens with one attached hydrogen (secondary N) is 1. The molecule has 3 rings (SSSR count). The Bertz CT molecular complexity index is 1070. The van der Waals surface area contributed by atoms with Crippen molar-refractivity contribution in [2.24, 2.45) is 0 Å². The molecule has 33 heavy (non-hydrogen) atoms. The Kier molecular flexibility index (Phi) is 8.80. The first-order valence-electron chi connectivity index (χ1n) is 11.5. The lowest BCUT2D eigenvalue weighted by molar-refractivity contribution is 0.339. The minimum Gasteiger partial charge on any atom is -0.494 e. The second kappa shape index (κ2) is 11.8.